The molecule has 1 aliphatic rings. The zero-order valence-corrected chi connectivity index (χ0v) is 8.04. The van der Waals surface area contributed by atoms with E-state index in [-0.39, 0.29) is 16.6 Å². The fraction of sp³-hybridized carbons (Fsp3) is 0.375. The molecule has 13 heavy (non-hydrogen) atoms. The van der Waals surface area contributed by atoms with Gasteiger partial charge in [0.15, 0.2) is 0 Å². The van der Waals surface area contributed by atoms with E-state index in [1.54, 1.807) is 6.08 Å². The fourth-order valence-corrected chi connectivity index (χ4v) is 1.71. The Bertz CT molecular complexity index is 378. The van der Waals surface area contributed by atoms with Gasteiger partial charge in [-0.2, -0.15) is 0 Å². The van der Waals surface area contributed by atoms with Crippen molar-refractivity contribution in [2.75, 3.05) is 0 Å². The summed E-state index contributed by atoms with van der Waals surface area (Å²) in [4.78, 5) is 11.0. The Labute approximate surface area is 77.2 Å². The summed E-state index contributed by atoms with van der Waals surface area (Å²) >= 11 is 0. The summed E-state index contributed by atoms with van der Waals surface area (Å²) in [6, 6.07) is 0. The van der Waals surface area contributed by atoms with E-state index in [2.05, 4.69) is 0 Å². The standard InChI is InChI=1S/C8H11NO3S/c1-6(10)7-2-4-8(5-3-7)13(9,11)12/h2,4-5,7H,3H2,1H3,(H2,9,11,12). The van der Waals surface area contributed by atoms with Crippen molar-refractivity contribution >= 4 is 15.8 Å². The quantitative estimate of drug-likeness (QED) is 0.699. The largest absolute Gasteiger partial charge is 0.299 e. The number of Topliss-reactive ketones (excluding diaryl/α,β-unsaturated/α-hetero) is 1. The molecule has 0 saturated heterocycles. The smallest absolute Gasteiger partial charge is 0.237 e. The van der Waals surface area contributed by atoms with Crippen LogP contribution in [0.25, 0.3) is 0 Å². The van der Waals surface area contributed by atoms with Gasteiger partial charge in [0.2, 0.25) is 10.0 Å². The summed E-state index contributed by atoms with van der Waals surface area (Å²) in [5.41, 5.74) is 0. The van der Waals surface area contributed by atoms with Crippen LogP contribution in [0.5, 0.6) is 0 Å². The molecule has 0 aliphatic heterocycles. The Balaban J connectivity index is 2.83. The van der Waals surface area contributed by atoms with Gasteiger partial charge in [-0.05, 0) is 19.4 Å². The first-order valence-electron chi connectivity index (χ1n) is 3.83. The number of ketones is 1. The molecule has 1 aliphatic carbocycles. The van der Waals surface area contributed by atoms with Gasteiger partial charge in [-0.1, -0.05) is 12.2 Å². The monoisotopic (exact) mass is 201 g/mol. The van der Waals surface area contributed by atoms with Gasteiger partial charge in [0.25, 0.3) is 0 Å². The SMILES string of the molecule is CC(=O)C1C=CC(S(N)(=O)=O)=CC1. The second-order valence-corrected chi connectivity index (χ2v) is 4.52. The summed E-state index contributed by atoms with van der Waals surface area (Å²) in [6.07, 6.45) is 4.84. The van der Waals surface area contributed by atoms with E-state index >= 15 is 0 Å². The van der Waals surface area contributed by atoms with Gasteiger partial charge < -0.3 is 0 Å². The predicted octanol–water partition coefficient (Wildman–Crippen LogP) is 0.324. The van der Waals surface area contributed by atoms with Crippen molar-refractivity contribution in [3.05, 3.63) is 23.1 Å². The van der Waals surface area contributed by atoms with Crippen LogP contribution in [-0.4, -0.2) is 14.2 Å². The number of rotatable bonds is 2. The molecule has 5 heteroatoms. The average molecular weight is 201 g/mol. The highest BCUT2D eigenvalue weighted by molar-refractivity contribution is 7.93. The Morgan fingerprint density at radius 1 is 1.62 bits per heavy atom. The highest BCUT2D eigenvalue weighted by Crippen LogP contribution is 2.19. The van der Waals surface area contributed by atoms with Crippen molar-refractivity contribution in [2.45, 2.75) is 13.3 Å². The molecular weight excluding hydrogens is 190 g/mol. The number of allylic oxidation sites excluding steroid dienone is 3. The number of carbonyl (C=O) groups excluding carboxylic acids is 1. The first kappa shape index (κ1) is 10.1. The van der Waals surface area contributed by atoms with Crippen LogP contribution in [0.4, 0.5) is 0 Å². The molecule has 0 aromatic heterocycles. The molecule has 0 fully saturated rings. The van der Waals surface area contributed by atoms with Crippen LogP contribution in [0.3, 0.4) is 0 Å². The average Bonchev–Trinajstić information content (AvgIpc) is 2.03. The van der Waals surface area contributed by atoms with Crippen molar-refractivity contribution in [3.8, 4) is 0 Å². The van der Waals surface area contributed by atoms with E-state index in [9.17, 15) is 13.2 Å². The normalized spacial score (nSPS) is 22.6. The van der Waals surface area contributed by atoms with Crippen molar-refractivity contribution in [3.63, 3.8) is 0 Å². The molecule has 0 aromatic rings. The van der Waals surface area contributed by atoms with E-state index in [0.29, 0.717) is 6.42 Å². The second-order valence-electron chi connectivity index (χ2n) is 2.96. The van der Waals surface area contributed by atoms with Crippen LogP contribution in [0.1, 0.15) is 13.3 Å². The Kier molecular flexibility index (Phi) is 2.68. The lowest BCUT2D eigenvalue weighted by Crippen LogP contribution is -2.17. The second kappa shape index (κ2) is 3.43. The molecule has 0 saturated carbocycles. The molecule has 4 nitrogen and oxygen atoms in total. The van der Waals surface area contributed by atoms with Crippen molar-refractivity contribution in [2.24, 2.45) is 11.1 Å². The fourth-order valence-electron chi connectivity index (χ4n) is 1.11. The minimum atomic E-state index is -3.61. The number of nitrogens with two attached hydrogens (primary N) is 1. The lowest BCUT2D eigenvalue weighted by atomic mass is 9.97. The minimum absolute atomic E-state index is 0.0287. The summed E-state index contributed by atoms with van der Waals surface area (Å²) in [6.45, 7) is 1.48. The van der Waals surface area contributed by atoms with E-state index in [1.807, 2.05) is 0 Å². The van der Waals surface area contributed by atoms with Crippen molar-refractivity contribution in [1.29, 1.82) is 0 Å². The van der Waals surface area contributed by atoms with Crippen LogP contribution in [-0.2, 0) is 14.8 Å². The molecule has 0 spiro atoms. The Morgan fingerprint density at radius 3 is 2.54 bits per heavy atom. The first-order chi connectivity index (χ1) is 5.91. The maximum atomic E-state index is 10.9. The molecule has 2 N–H and O–H groups in total. The molecule has 0 radical (unpaired) electrons. The number of hydrogen-bond donors (Lipinski definition) is 1. The van der Waals surface area contributed by atoms with Gasteiger partial charge in [-0.3, -0.25) is 4.79 Å². The lowest BCUT2D eigenvalue weighted by Gasteiger charge is -2.11. The molecule has 1 rings (SSSR count). The Morgan fingerprint density at radius 2 is 2.23 bits per heavy atom. The van der Waals surface area contributed by atoms with Gasteiger partial charge >= 0.3 is 0 Å². The molecule has 0 heterocycles. The summed E-state index contributed by atoms with van der Waals surface area (Å²) < 4.78 is 21.7. The van der Waals surface area contributed by atoms with Gasteiger partial charge in [-0.15, -0.1) is 0 Å². The van der Waals surface area contributed by atoms with E-state index in [0.717, 1.165) is 0 Å². The van der Waals surface area contributed by atoms with E-state index in [1.165, 1.54) is 19.1 Å². The summed E-state index contributed by atoms with van der Waals surface area (Å²) in [5.74, 6) is -0.175. The van der Waals surface area contributed by atoms with E-state index in [4.69, 9.17) is 5.14 Å². The van der Waals surface area contributed by atoms with Crippen molar-refractivity contribution in [1.82, 2.24) is 0 Å². The van der Waals surface area contributed by atoms with E-state index < -0.39 is 10.0 Å². The van der Waals surface area contributed by atoms with Crippen LogP contribution >= 0.6 is 0 Å². The minimum Gasteiger partial charge on any atom is -0.299 e. The molecule has 0 aromatic carbocycles. The van der Waals surface area contributed by atoms with Gasteiger partial charge in [0.1, 0.15) is 5.78 Å². The molecule has 1 atom stereocenters. The van der Waals surface area contributed by atoms with Gasteiger partial charge in [0.05, 0.1) is 4.91 Å². The van der Waals surface area contributed by atoms with Crippen molar-refractivity contribution < 1.29 is 13.2 Å². The van der Waals surface area contributed by atoms with Gasteiger partial charge in [-0.25, -0.2) is 13.6 Å². The number of sulfonamides is 1. The first-order valence-corrected chi connectivity index (χ1v) is 5.37. The number of hydrogen-bond acceptors (Lipinski definition) is 3. The topological polar surface area (TPSA) is 77.2 Å². The highest BCUT2D eigenvalue weighted by atomic mass is 32.2. The third-order valence-corrected chi connectivity index (χ3v) is 2.88. The predicted molar refractivity (Wildman–Crippen MR) is 49.1 cm³/mol. The maximum Gasteiger partial charge on any atom is 0.237 e. The molecular formula is C8H11NO3S. The zero-order valence-electron chi connectivity index (χ0n) is 7.23. The summed E-state index contributed by atoms with van der Waals surface area (Å²) in [7, 11) is -3.61. The number of carbonyl (C=O) groups is 1. The zero-order chi connectivity index (χ0) is 10.1. The van der Waals surface area contributed by atoms with Crippen LogP contribution in [0.2, 0.25) is 0 Å². The third-order valence-electron chi connectivity index (χ3n) is 1.92. The maximum absolute atomic E-state index is 10.9. The Hall–Kier alpha value is -0.940. The van der Waals surface area contributed by atoms with Crippen LogP contribution in [0.15, 0.2) is 23.1 Å². The molecule has 0 amide bonds. The molecule has 72 valence electrons. The molecule has 0 bridgehead atoms. The highest BCUT2D eigenvalue weighted by Gasteiger charge is 2.17. The van der Waals surface area contributed by atoms with Crippen LogP contribution in [0, 0.1) is 5.92 Å². The van der Waals surface area contributed by atoms with Crippen LogP contribution < -0.4 is 5.14 Å². The molecule has 1 unspecified atom stereocenters. The lowest BCUT2D eigenvalue weighted by molar-refractivity contribution is -0.119. The summed E-state index contributed by atoms with van der Waals surface area (Å²) in [5, 5.41) is 4.90. The van der Waals surface area contributed by atoms with Gasteiger partial charge in [0, 0.05) is 5.92 Å². The number of primary sulfonamides is 1. The third kappa shape index (κ3) is 2.50.